The number of nitrogen functional groups attached to an aromatic ring is 1. The van der Waals surface area contributed by atoms with Crippen LogP contribution in [0.15, 0.2) is 49.3 Å². The fourth-order valence-electron chi connectivity index (χ4n) is 5.34. The summed E-state index contributed by atoms with van der Waals surface area (Å²) in [5, 5.41) is 13.4. The van der Waals surface area contributed by atoms with Crippen LogP contribution in [0.1, 0.15) is 52.2 Å². The van der Waals surface area contributed by atoms with Gasteiger partial charge in [-0.3, -0.25) is 13.9 Å². The van der Waals surface area contributed by atoms with E-state index in [0.29, 0.717) is 18.9 Å². The van der Waals surface area contributed by atoms with Crippen molar-refractivity contribution in [3.8, 4) is 11.6 Å². The number of aromatic nitrogens is 4. The first-order valence-corrected chi connectivity index (χ1v) is 16.4. The number of nitrogens with one attached hydrogen (secondary N) is 1. The van der Waals surface area contributed by atoms with E-state index in [0.717, 1.165) is 30.2 Å². The van der Waals surface area contributed by atoms with Gasteiger partial charge in [0.25, 0.3) is 5.85 Å². The second-order valence-corrected chi connectivity index (χ2v) is 12.8. The molecule has 46 heavy (non-hydrogen) atoms. The third kappa shape index (κ3) is 6.86. The molecule has 1 aromatic carbocycles. The maximum atomic E-state index is 16.5. The van der Waals surface area contributed by atoms with Crippen molar-refractivity contribution in [3.63, 3.8) is 0 Å². The average molecular weight is 667 g/mol. The number of imidazole rings is 1. The minimum absolute atomic E-state index is 0.00130. The molecule has 4 N–H and O–H groups in total. The highest BCUT2D eigenvalue weighted by Crippen LogP contribution is 2.52. The third-order valence-electron chi connectivity index (χ3n) is 7.71. The largest absolute Gasteiger partial charge is 0.476 e. The van der Waals surface area contributed by atoms with Crippen molar-refractivity contribution in [2.45, 2.75) is 82.0 Å². The van der Waals surface area contributed by atoms with Gasteiger partial charge in [0.05, 0.1) is 12.9 Å². The van der Waals surface area contributed by atoms with Crippen LogP contribution in [0, 0.1) is 0 Å². The van der Waals surface area contributed by atoms with Crippen LogP contribution in [0.3, 0.4) is 0 Å². The molecule has 5 rings (SSSR count). The summed E-state index contributed by atoms with van der Waals surface area (Å²) in [7, 11) is -4.62. The molecule has 3 aromatic rings. The van der Waals surface area contributed by atoms with Gasteiger partial charge in [0, 0.05) is 0 Å². The van der Waals surface area contributed by atoms with Crippen molar-refractivity contribution < 1.29 is 46.5 Å². The topological polar surface area (TPSA) is 182 Å². The summed E-state index contributed by atoms with van der Waals surface area (Å²) in [4.78, 5) is 25.0. The molecule has 1 aliphatic heterocycles. The summed E-state index contributed by atoms with van der Waals surface area (Å²) >= 11 is 0. The molecule has 0 bridgehead atoms. The zero-order valence-electron chi connectivity index (χ0n) is 25.4. The van der Waals surface area contributed by atoms with Crippen molar-refractivity contribution in [2.75, 3.05) is 18.9 Å². The lowest BCUT2D eigenvalue weighted by Gasteiger charge is -2.29. The highest BCUT2D eigenvalue weighted by atomic mass is 31.2. The molecule has 1 saturated carbocycles. The van der Waals surface area contributed by atoms with Crippen LogP contribution in [0.25, 0.3) is 11.2 Å². The maximum Gasteiger partial charge on any atom is 0.459 e. The van der Waals surface area contributed by atoms with E-state index < -0.39 is 50.2 Å². The second kappa shape index (κ2) is 13.6. The van der Waals surface area contributed by atoms with Crippen LogP contribution in [0.2, 0.25) is 0 Å². The van der Waals surface area contributed by atoms with Gasteiger partial charge in [-0.05, 0) is 57.7 Å². The SMILES string of the molecule is C=C[C@]1(F)[C@H](n2cnc3c(OCC)nc(N)nc32)O[C@](F)(COP(=O)(N[C@@H](C)C(=O)OC2CCCCC2)Oc2ccccc2)[C@H]1O. The number of nitrogens with zero attached hydrogens (tertiary/aromatic N) is 4. The van der Waals surface area contributed by atoms with Gasteiger partial charge in [-0.15, -0.1) is 0 Å². The van der Waals surface area contributed by atoms with E-state index in [1.165, 1.54) is 19.1 Å². The summed E-state index contributed by atoms with van der Waals surface area (Å²) in [6, 6.07) is 6.57. The normalized spacial score (nSPS) is 27.2. The standard InChI is InChI=1S/C29H37F2N6O8P/c1-4-28(30)25(39)29(31,44-26(28)37-17-33-21-22(37)34-27(32)35-23(21)41-5-2)16-42-46(40,45-20-14-10-7-11-15-20)36-18(3)24(38)43-19-12-8-6-9-13-19/h4,7,10-11,14-15,17-19,25-26,39H,1,5-6,8-9,12-13,16H2,2-3H3,(H,36,40)(H2,32,34,35)/t18-,25-,26+,28+,29+,46?/m0/s1. The van der Waals surface area contributed by atoms with E-state index in [2.05, 4.69) is 26.6 Å². The molecule has 17 heteroatoms. The number of fused-ring (bicyclic) bond motifs is 1. The molecule has 2 aliphatic rings. The molecule has 1 unspecified atom stereocenters. The summed E-state index contributed by atoms with van der Waals surface area (Å²) in [6.45, 7) is 5.41. The predicted octanol–water partition coefficient (Wildman–Crippen LogP) is 4.31. The number of benzene rings is 1. The summed E-state index contributed by atoms with van der Waals surface area (Å²) in [5.41, 5.74) is 2.83. The molecule has 2 aromatic heterocycles. The van der Waals surface area contributed by atoms with E-state index in [-0.39, 0.29) is 41.5 Å². The van der Waals surface area contributed by atoms with Crippen molar-refractivity contribution in [1.29, 1.82) is 0 Å². The Morgan fingerprint density at radius 1 is 1.28 bits per heavy atom. The van der Waals surface area contributed by atoms with Crippen molar-refractivity contribution in [2.24, 2.45) is 0 Å². The molecule has 1 saturated heterocycles. The number of rotatable bonds is 13. The van der Waals surface area contributed by atoms with Crippen LogP contribution < -0.4 is 20.1 Å². The predicted molar refractivity (Wildman–Crippen MR) is 161 cm³/mol. The fourth-order valence-corrected chi connectivity index (χ4v) is 6.84. The molecule has 0 amide bonds. The van der Waals surface area contributed by atoms with Gasteiger partial charge in [0.15, 0.2) is 23.5 Å². The maximum absolute atomic E-state index is 16.5. The lowest BCUT2D eigenvalue weighted by molar-refractivity contribution is -0.202. The number of anilines is 1. The van der Waals surface area contributed by atoms with Gasteiger partial charge in [0.1, 0.15) is 24.5 Å². The molecular formula is C29H37F2N6O8P. The number of nitrogens with two attached hydrogens (primary N) is 1. The van der Waals surface area contributed by atoms with E-state index in [9.17, 15) is 14.5 Å². The number of aliphatic hydroxyl groups is 1. The van der Waals surface area contributed by atoms with Gasteiger partial charge in [-0.2, -0.15) is 15.1 Å². The molecule has 6 atom stereocenters. The highest BCUT2D eigenvalue weighted by molar-refractivity contribution is 7.52. The highest BCUT2D eigenvalue weighted by Gasteiger charge is 2.66. The zero-order chi connectivity index (χ0) is 33.1. The lowest BCUT2D eigenvalue weighted by Crippen LogP contribution is -2.47. The Labute approximate surface area is 263 Å². The first-order valence-electron chi connectivity index (χ1n) is 14.9. The van der Waals surface area contributed by atoms with E-state index >= 15 is 8.78 Å². The number of para-hydroxylation sites is 1. The zero-order valence-corrected chi connectivity index (χ0v) is 26.3. The van der Waals surface area contributed by atoms with Crippen LogP contribution in [0.5, 0.6) is 11.6 Å². The smallest absolute Gasteiger partial charge is 0.459 e. The van der Waals surface area contributed by atoms with Crippen LogP contribution in [-0.4, -0.2) is 73.6 Å². The van der Waals surface area contributed by atoms with Crippen molar-refractivity contribution >= 4 is 30.8 Å². The number of carbonyl (C=O) groups excluding carboxylic acids is 1. The Hall–Kier alpha value is -3.69. The second-order valence-electron chi connectivity index (χ2n) is 11.1. The van der Waals surface area contributed by atoms with Gasteiger partial charge in [-0.1, -0.05) is 31.2 Å². The van der Waals surface area contributed by atoms with Crippen molar-refractivity contribution in [3.05, 3.63) is 49.3 Å². The van der Waals surface area contributed by atoms with E-state index in [1.807, 2.05) is 0 Å². The minimum Gasteiger partial charge on any atom is -0.476 e. The Morgan fingerprint density at radius 2 is 2.00 bits per heavy atom. The number of carbonyl (C=O) groups is 1. The number of hydrogen-bond donors (Lipinski definition) is 3. The monoisotopic (exact) mass is 666 g/mol. The molecular weight excluding hydrogens is 629 g/mol. The van der Waals surface area contributed by atoms with E-state index in [4.69, 9.17) is 29.0 Å². The van der Waals surface area contributed by atoms with Gasteiger partial charge < -0.3 is 29.6 Å². The first kappa shape index (κ1) is 33.7. The molecule has 0 spiro atoms. The van der Waals surface area contributed by atoms with Crippen molar-refractivity contribution in [1.82, 2.24) is 24.6 Å². The molecule has 14 nitrogen and oxygen atoms in total. The number of ether oxygens (including phenoxy) is 3. The Bertz CT molecular complexity index is 1590. The Kier molecular flexibility index (Phi) is 9.94. The average Bonchev–Trinajstić information content (AvgIpc) is 3.54. The number of aliphatic hydroxyl groups excluding tert-OH is 1. The molecule has 0 radical (unpaired) electrons. The van der Waals surface area contributed by atoms with Crippen LogP contribution >= 0.6 is 7.75 Å². The van der Waals surface area contributed by atoms with Gasteiger partial charge >= 0.3 is 13.7 Å². The summed E-state index contributed by atoms with van der Waals surface area (Å²) in [6.07, 6.45) is 1.30. The number of alkyl halides is 2. The summed E-state index contributed by atoms with van der Waals surface area (Å²) < 4.78 is 75.4. The molecule has 1 aliphatic carbocycles. The quantitative estimate of drug-likeness (QED) is 0.133. The Morgan fingerprint density at radius 3 is 2.67 bits per heavy atom. The van der Waals surface area contributed by atoms with Crippen LogP contribution in [-0.2, 0) is 23.4 Å². The fraction of sp³-hybridized carbons (Fsp3) is 0.517. The third-order valence-corrected chi connectivity index (χ3v) is 9.33. The molecule has 2 fully saturated rings. The molecule has 250 valence electrons. The first-order chi connectivity index (χ1) is 21.9. The number of halogens is 2. The number of esters is 1. The van der Waals surface area contributed by atoms with E-state index in [1.54, 1.807) is 25.1 Å². The minimum atomic E-state index is -4.62. The molecule has 3 heterocycles. The van der Waals surface area contributed by atoms with Gasteiger partial charge in [0.2, 0.25) is 17.5 Å². The van der Waals surface area contributed by atoms with Gasteiger partial charge in [-0.25, -0.2) is 18.3 Å². The Balaban J connectivity index is 1.39. The van der Waals surface area contributed by atoms with Crippen LogP contribution in [0.4, 0.5) is 14.7 Å². The summed E-state index contributed by atoms with van der Waals surface area (Å²) in [5.74, 6) is -4.22. The number of hydrogen-bond acceptors (Lipinski definition) is 12. The lowest BCUT2D eigenvalue weighted by atomic mass is 9.95.